The zero-order valence-corrected chi connectivity index (χ0v) is 19.0. The first-order chi connectivity index (χ1) is 15.6. The van der Waals surface area contributed by atoms with Crippen molar-refractivity contribution in [2.45, 2.75) is 26.3 Å². The summed E-state index contributed by atoms with van der Waals surface area (Å²) in [7, 11) is 0. The second-order valence-corrected chi connectivity index (χ2v) is 8.28. The molecule has 0 bridgehead atoms. The molecule has 10 heteroatoms. The Morgan fingerprint density at radius 2 is 1.94 bits per heavy atom. The average Bonchev–Trinajstić information content (AvgIpc) is 3.34. The summed E-state index contributed by atoms with van der Waals surface area (Å²) >= 11 is 1.60. The van der Waals surface area contributed by atoms with Crippen LogP contribution < -0.4 is 15.5 Å². The zero-order valence-electron chi connectivity index (χ0n) is 18.2. The molecular weight excluding hydrogens is 430 g/mol. The minimum absolute atomic E-state index is 0.150. The SMILES string of the molecule is CCOC(=O)CCCNC(=O)N1CCN(c2ncccc2C(=O)NCc2cccs2)CC1. The van der Waals surface area contributed by atoms with Gasteiger partial charge in [0.15, 0.2) is 0 Å². The molecule has 0 aromatic carbocycles. The van der Waals surface area contributed by atoms with Gasteiger partial charge in [0.25, 0.3) is 5.91 Å². The molecule has 0 spiro atoms. The summed E-state index contributed by atoms with van der Waals surface area (Å²) in [4.78, 5) is 45.8. The summed E-state index contributed by atoms with van der Waals surface area (Å²) in [6, 6.07) is 7.31. The summed E-state index contributed by atoms with van der Waals surface area (Å²) in [6.45, 7) is 5.25. The highest BCUT2D eigenvalue weighted by Crippen LogP contribution is 2.19. The molecule has 0 radical (unpaired) electrons. The topological polar surface area (TPSA) is 104 Å². The Morgan fingerprint density at radius 3 is 2.66 bits per heavy atom. The van der Waals surface area contributed by atoms with E-state index in [1.54, 1.807) is 41.5 Å². The molecule has 3 heterocycles. The summed E-state index contributed by atoms with van der Waals surface area (Å²) in [5.41, 5.74) is 0.529. The fourth-order valence-corrected chi connectivity index (χ4v) is 4.04. The number of carbonyl (C=O) groups is 3. The third-order valence-electron chi connectivity index (χ3n) is 5.04. The Labute approximate surface area is 191 Å². The van der Waals surface area contributed by atoms with Gasteiger partial charge in [0.1, 0.15) is 5.82 Å². The van der Waals surface area contributed by atoms with Crippen molar-refractivity contribution in [2.24, 2.45) is 0 Å². The first-order valence-electron chi connectivity index (χ1n) is 10.8. The Morgan fingerprint density at radius 1 is 1.12 bits per heavy atom. The van der Waals surface area contributed by atoms with Gasteiger partial charge in [-0.25, -0.2) is 9.78 Å². The van der Waals surface area contributed by atoms with Crippen molar-refractivity contribution in [3.63, 3.8) is 0 Å². The lowest BCUT2D eigenvalue weighted by atomic mass is 10.2. The number of nitrogens with zero attached hydrogens (tertiary/aromatic N) is 3. The van der Waals surface area contributed by atoms with Crippen molar-refractivity contribution in [3.05, 3.63) is 46.3 Å². The van der Waals surface area contributed by atoms with E-state index in [1.165, 1.54) is 0 Å². The van der Waals surface area contributed by atoms with Crippen LogP contribution in [0.1, 0.15) is 35.0 Å². The smallest absolute Gasteiger partial charge is 0.317 e. The lowest BCUT2D eigenvalue weighted by molar-refractivity contribution is -0.143. The van der Waals surface area contributed by atoms with E-state index in [9.17, 15) is 14.4 Å². The third-order valence-corrected chi connectivity index (χ3v) is 5.92. The molecule has 3 amide bonds. The van der Waals surface area contributed by atoms with Gasteiger partial charge in [-0.15, -0.1) is 11.3 Å². The van der Waals surface area contributed by atoms with Gasteiger partial charge in [0, 0.05) is 50.2 Å². The largest absolute Gasteiger partial charge is 0.466 e. The quantitative estimate of drug-likeness (QED) is 0.440. The number of rotatable bonds is 9. The zero-order chi connectivity index (χ0) is 22.8. The molecule has 1 aliphatic rings. The highest BCUT2D eigenvalue weighted by Gasteiger charge is 2.24. The lowest BCUT2D eigenvalue weighted by Crippen LogP contribution is -2.52. The van der Waals surface area contributed by atoms with E-state index in [-0.39, 0.29) is 17.9 Å². The van der Waals surface area contributed by atoms with E-state index in [1.807, 2.05) is 22.4 Å². The molecule has 3 rings (SSSR count). The van der Waals surface area contributed by atoms with Crippen molar-refractivity contribution in [2.75, 3.05) is 44.2 Å². The molecule has 1 aliphatic heterocycles. The number of amides is 3. The van der Waals surface area contributed by atoms with Gasteiger partial charge in [0.05, 0.1) is 18.7 Å². The van der Waals surface area contributed by atoms with Gasteiger partial charge in [-0.2, -0.15) is 0 Å². The molecule has 0 saturated carbocycles. The molecule has 2 aromatic rings. The predicted octanol–water partition coefficient (Wildman–Crippen LogP) is 2.25. The number of thiophene rings is 1. The van der Waals surface area contributed by atoms with Gasteiger partial charge >= 0.3 is 12.0 Å². The maximum atomic E-state index is 12.7. The minimum Gasteiger partial charge on any atom is -0.466 e. The second-order valence-electron chi connectivity index (χ2n) is 7.25. The fourth-order valence-electron chi connectivity index (χ4n) is 3.40. The Balaban J connectivity index is 1.47. The van der Waals surface area contributed by atoms with Crippen molar-refractivity contribution in [3.8, 4) is 0 Å². The average molecular weight is 460 g/mol. The first kappa shape index (κ1) is 23.5. The molecular formula is C22H29N5O4S. The number of hydrogen-bond acceptors (Lipinski definition) is 7. The van der Waals surface area contributed by atoms with Gasteiger partial charge in [0.2, 0.25) is 0 Å². The van der Waals surface area contributed by atoms with Crippen LogP contribution in [0, 0.1) is 0 Å². The standard InChI is InChI=1S/C22H29N5O4S/c1-2-31-19(28)8-4-10-24-22(30)27-13-11-26(12-14-27)20-18(7-3-9-23-20)21(29)25-16-17-6-5-15-32-17/h3,5-7,9,15H,2,4,8,10-14,16H2,1H3,(H,24,30)(H,25,29). The highest BCUT2D eigenvalue weighted by atomic mass is 32.1. The van der Waals surface area contributed by atoms with Crippen LogP contribution in [0.4, 0.5) is 10.6 Å². The summed E-state index contributed by atoms with van der Waals surface area (Å²) < 4.78 is 4.88. The Hall–Kier alpha value is -3.14. The van der Waals surface area contributed by atoms with Crippen LogP contribution >= 0.6 is 11.3 Å². The highest BCUT2D eigenvalue weighted by molar-refractivity contribution is 7.09. The summed E-state index contributed by atoms with van der Waals surface area (Å²) in [5.74, 6) is 0.218. The molecule has 2 aromatic heterocycles. The number of ether oxygens (including phenoxy) is 1. The second kappa shape index (κ2) is 12.0. The number of anilines is 1. The van der Waals surface area contributed by atoms with Crippen molar-refractivity contribution < 1.29 is 19.1 Å². The van der Waals surface area contributed by atoms with Gasteiger partial charge < -0.3 is 25.2 Å². The monoisotopic (exact) mass is 459 g/mol. The van der Waals surface area contributed by atoms with Gasteiger partial charge in [-0.05, 0) is 36.9 Å². The molecule has 1 saturated heterocycles. The number of nitrogens with one attached hydrogen (secondary N) is 2. The van der Waals surface area contributed by atoms with Crippen molar-refractivity contribution in [1.29, 1.82) is 0 Å². The normalized spacial score (nSPS) is 13.5. The van der Waals surface area contributed by atoms with Crippen molar-refractivity contribution >= 4 is 35.1 Å². The number of urea groups is 1. The summed E-state index contributed by atoms with van der Waals surface area (Å²) in [6.07, 6.45) is 2.51. The van der Waals surface area contributed by atoms with Crippen LogP contribution in [0.2, 0.25) is 0 Å². The van der Waals surface area contributed by atoms with Crippen molar-refractivity contribution in [1.82, 2.24) is 20.5 Å². The Bertz CT molecular complexity index is 897. The number of hydrogen-bond donors (Lipinski definition) is 2. The maximum Gasteiger partial charge on any atom is 0.317 e. The molecule has 32 heavy (non-hydrogen) atoms. The van der Waals surface area contributed by atoms with Crippen LogP contribution in [0.3, 0.4) is 0 Å². The number of piperazine rings is 1. The van der Waals surface area contributed by atoms with E-state index >= 15 is 0 Å². The maximum absolute atomic E-state index is 12.7. The molecule has 0 atom stereocenters. The van der Waals surface area contributed by atoms with Crippen LogP contribution in [0.25, 0.3) is 0 Å². The van der Waals surface area contributed by atoms with Crippen LogP contribution in [0.15, 0.2) is 35.8 Å². The molecule has 0 unspecified atom stereocenters. The minimum atomic E-state index is -0.249. The number of aromatic nitrogens is 1. The fraction of sp³-hybridized carbons (Fsp3) is 0.455. The number of esters is 1. The predicted molar refractivity (Wildman–Crippen MR) is 123 cm³/mol. The van der Waals surface area contributed by atoms with E-state index in [4.69, 9.17) is 4.74 Å². The molecule has 9 nitrogen and oxygen atoms in total. The third kappa shape index (κ3) is 6.68. The molecule has 172 valence electrons. The van der Waals surface area contributed by atoms with Crippen LogP contribution in [-0.2, 0) is 16.1 Å². The molecule has 2 N–H and O–H groups in total. The molecule has 0 aliphatic carbocycles. The number of carbonyl (C=O) groups excluding carboxylic acids is 3. The van der Waals surface area contributed by atoms with E-state index in [0.29, 0.717) is 70.1 Å². The van der Waals surface area contributed by atoms with E-state index in [2.05, 4.69) is 15.6 Å². The van der Waals surface area contributed by atoms with E-state index in [0.717, 1.165) is 4.88 Å². The lowest BCUT2D eigenvalue weighted by Gasteiger charge is -2.36. The van der Waals surface area contributed by atoms with Gasteiger partial charge in [-0.1, -0.05) is 6.07 Å². The molecule has 1 fully saturated rings. The number of pyridine rings is 1. The van der Waals surface area contributed by atoms with Crippen LogP contribution in [-0.4, -0.2) is 67.1 Å². The summed E-state index contributed by atoms with van der Waals surface area (Å²) in [5, 5.41) is 7.77. The Kier molecular flexibility index (Phi) is 8.85. The first-order valence-corrected chi connectivity index (χ1v) is 11.7. The van der Waals surface area contributed by atoms with Crippen LogP contribution in [0.5, 0.6) is 0 Å². The van der Waals surface area contributed by atoms with Gasteiger partial charge in [-0.3, -0.25) is 9.59 Å². The van der Waals surface area contributed by atoms with E-state index < -0.39 is 0 Å².